The first-order valence-corrected chi connectivity index (χ1v) is 10.6. The highest BCUT2D eigenvalue weighted by Gasteiger charge is 2.25. The van der Waals surface area contributed by atoms with E-state index in [9.17, 15) is 0 Å². The number of ether oxygens (including phenoxy) is 2. The van der Waals surface area contributed by atoms with Crippen LogP contribution in [0.25, 0.3) is 0 Å². The van der Waals surface area contributed by atoms with Gasteiger partial charge in [0.05, 0.1) is 5.02 Å². The van der Waals surface area contributed by atoms with E-state index in [1.165, 1.54) is 0 Å². The molecule has 3 heterocycles. The van der Waals surface area contributed by atoms with Crippen molar-refractivity contribution in [1.29, 1.82) is 0 Å². The van der Waals surface area contributed by atoms with Gasteiger partial charge in [-0.05, 0) is 43.7 Å². The lowest BCUT2D eigenvalue weighted by Gasteiger charge is -2.22. The van der Waals surface area contributed by atoms with E-state index in [2.05, 4.69) is 25.5 Å². The van der Waals surface area contributed by atoms with E-state index in [0.29, 0.717) is 17.0 Å². The highest BCUT2D eigenvalue weighted by Crippen LogP contribution is 2.25. The van der Waals surface area contributed by atoms with E-state index < -0.39 is 0 Å². The van der Waals surface area contributed by atoms with Gasteiger partial charge in [0.2, 0.25) is 0 Å². The van der Waals surface area contributed by atoms with Crippen LogP contribution in [0.5, 0.6) is 0 Å². The number of aromatic nitrogens is 1. The number of anilines is 1. The van der Waals surface area contributed by atoms with Crippen LogP contribution in [0.15, 0.2) is 23.3 Å². The standard InChI is InChI=1S/C20H32ClN5O2.HI/c1-22-20(24-9-3-11-28-15-16-6-12-27-13-7-16)25-17-5-10-26(14-17)19-18(21)4-2-8-23-19;/h2,4,8,16-17H,3,5-7,9-15H2,1H3,(H2,22,24,25);1H. The van der Waals surface area contributed by atoms with Gasteiger partial charge in [-0.25, -0.2) is 4.98 Å². The molecular weight excluding hydrogens is 505 g/mol. The molecule has 3 rings (SSSR count). The number of aliphatic imine (C=N–C) groups is 1. The zero-order valence-corrected chi connectivity index (χ0v) is 20.2. The smallest absolute Gasteiger partial charge is 0.191 e. The summed E-state index contributed by atoms with van der Waals surface area (Å²) in [6.07, 6.45) is 6.02. The minimum absolute atomic E-state index is 0. The highest BCUT2D eigenvalue weighted by atomic mass is 127. The zero-order chi connectivity index (χ0) is 19.6. The molecule has 0 aromatic carbocycles. The fraction of sp³-hybridized carbons (Fsp3) is 0.700. The summed E-state index contributed by atoms with van der Waals surface area (Å²) in [5.74, 6) is 2.36. The van der Waals surface area contributed by atoms with Crippen molar-refractivity contribution >= 4 is 47.4 Å². The van der Waals surface area contributed by atoms with Crippen molar-refractivity contribution in [3.8, 4) is 0 Å². The third kappa shape index (κ3) is 8.07. The molecule has 1 aromatic rings. The molecule has 164 valence electrons. The summed E-state index contributed by atoms with van der Waals surface area (Å²) in [6, 6.07) is 4.07. The van der Waals surface area contributed by atoms with Crippen LogP contribution in [-0.4, -0.2) is 70.1 Å². The third-order valence-corrected chi connectivity index (χ3v) is 5.54. The lowest BCUT2D eigenvalue weighted by Crippen LogP contribution is -2.45. The Bertz CT molecular complexity index is 631. The van der Waals surface area contributed by atoms with Crippen molar-refractivity contribution in [2.45, 2.75) is 31.7 Å². The quantitative estimate of drug-likeness (QED) is 0.230. The van der Waals surface area contributed by atoms with Gasteiger partial charge in [0, 0.05) is 65.3 Å². The molecule has 0 radical (unpaired) electrons. The minimum atomic E-state index is 0. The molecule has 2 aliphatic rings. The molecule has 2 fully saturated rings. The van der Waals surface area contributed by atoms with Gasteiger partial charge in [0.15, 0.2) is 5.96 Å². The van der Waals surface area contributed by atoms with E-state index in [1.54, 1.807) is 13.2 Å². The third-order valence-electron chi connectivity index (χ3n) is 5.24. The summed E-state index contributed by atoms with van der Waals surface area (Å²) >= 11 is 6.27. The number of guanidine groups is 1. The Morgan fingerprint density at radius 3 is 2.97 bits per heavy atom. The topological polar surface area (TPSA) is 71.0 Å². The molecule has 7 nitrogen and oxygen atoms in total. The molecule has 1 unspecified atom stereocenters. The first kappa shape index (κ1) is 24.4. The van der Waals surface area contributed by atoms with Gasteiger partial charge in [-0.1, -0.05) is 11.6 Å². The van der Waals surface area contributed by atoms with E-state index in [4.69, 9.17) is 21.1 Å². The van der Waals surface area contributed by atoms with Crippen LogP contribution >= 0.6 is 35.6 Å². The summed E-state index contributed by atoms with van der Waals surface area (Å²) in [5.41, 5.74) is 0. The second-order valence-corrected chi connectivity index (χ2v) is 7.78. The van der Waals surface area contributed by atoms with Crippen molar-refractivity contribution in [2.24, 2.45) is 10.9 Å². The number of halogens is 2. The monoisotopic (exact) mass is 537 g/mol. The Labute approximate surface area is 196 Å². The van der Waals surface area contributed by atoms with E-state index in [0.717, 1.165) is 83.5 Å². The Morgan fingerprint density at radius 1 is 1.38 bits per heavy atom. The molecule has 0 aliphatic carbocycles. The van der Waals surface area contributed by atoms with Crippen molar-refractivity contribution < 1.29 is 9.47 Å². The zero-order valence-electron chi connectivity index (χ0n) is 17.1. The van der Waals surface area contributed by atoms with Gasteiger partial charge < -0.3 is 25.0 Å². The highest BCUT2D eigenvalue weighted by molar-refractivity contribution is 14.0. The predicted molar refractivity (Wildman–Crippen MR) is 129 cm³/mol. The van der Waals surface area contributed by atoms with E-state index >= 15 is 0 Å². The second kappa shape index (κ2) is 13.5. The summed E-state index contributed by atoms with van der Waals surface area (Å²) in [7, 11) is 1.80. The maximum absolute atomic E-state index is 6.27. The summed E-state index contributed by atoms with van der Waals surface area (Å²) in [5, 5.41) is 7.58. The number of nitrogens with zero attached hydrogens (tertiary/aromatic N) is 3. The molecule has 1 atom stereocenters. The number of hydrogen-bond acceptors (Lipinski definition) is 5. The van der Waals surface area contributed by atoms with Crippen LogP contribution in [-0.2, 0) is 9.47 Å². The molecule has 29 heavy (non-hydrogen) atoms. The SMILES string of the molecule is CN=C(NCCCOCC1CCOCC1)NC1CCN(c2ncccc2Cl)C1.I. The second-order valence-electron chi connectivity index (χ2n) is 7.37. The van der Waals surface area contributed by atoms with Crippen molar-refractivity contribution in [1.82, 2.24) is 15.6 Å². The summed E-state index contributed by atoms with van der Waals surface area (Å²) in [6.45, 7) is 6.03. The van der Waals surface area contributed by atoms with Crippen LogP contribution < -0.4 is 15.5 Å². The molecule has 0 spiro atoms. The van der Waals surface area contributed by atoms with Gasteiger partial charge >= 0.3 is 0 Å². The van der Waals surface area contributed by atoms with Crippen LogP contribution in [0, 0.1) is 5.92 Å². The number of rotatable bonds is 8. The molecule has 2 saturated heterocycles. The fourth-order valence-electron chi connectivity index (χ4n) is 3.61. The summed E-state index contributed by atoms with van der Waals surface area (Å²) in [4.78, 5) is 11.0. The Hall–Kier alpha value is -0.840. The predicted octanol–water partition coefficient (Wildman–Crippen LogP) is 2.93. The van der Waals surface area contributed by atoms with Gasteiger partial charge in [-0.3, -0.25) is 4.99 Å². The molecule has 2 aliphatic heterocycles. The molecule has 2 N–H and O–H groups in total. The Morgan fingerprint density at radius 2 is 2.21 bits per heavy atom. The van der Waals surface area contributed by atoms with Gasteiger partial charge in [0.25, 0.3) is 0 Å². The van der Waals surface area contributed by atoms with Crippen LogP contribution in [0.3, 0.4) is 0 Å². The van der Waals surface area contributed by atoms with Gasteiger partial charge in [0.1, 0.15) is 5.82 Å². The first-order valence-electron chi connectivity index (χ1n) is 10.2. The number of hydrogen-bond donors (Lipinski definition) is 2. The molecule has 1 aromatic heterocycles. The van der Waals surface area contributed by atoms with Crippen molar-refractivity contribution in [3.63, 3.8) is 0 Å². The number of nitrogens with one attached hydrogen (secondary N) is 2. The normalized spacial score (nSPS) is 20.4. The van der Waals surface area contributed by atoms with Crippen molar-refractivity contribution in [2.75, 3.05) is 58.0 Å². The summed E-state index contributed by atoms with van der Waals surface area (Å²) < 4.78 is 11.2. The van der Waals surface area contributed by atoms with E-state index in [1.807, 2.05) is 12.1 Å². The van der Waals surface area contributed by atoms with E-state index in [-0.39, 0.29) is 24.0 Å². The Balaban J connectivity index is 0.00000300. The molecule has 0 saturated carbocycles. The largest absolute Gasteiger partial charge is 0.381 e. The van der Waals surface area contributed by atoms with Crippen LogP contribution in [0.1, 0.15) is 25.7 Å². The van der Waals surface area contributed by atoms with Crippen LogP contribution in [0.4, 0.5) is 5.82 Å². The average molecular weight is 538 g/mol. The molecule has 0 bridgehead atoms. The Kier molecular flexibility index (Phi) is 11.3. The maximum atomic E-state index is 6.27. The molecule has 9 heteroatoms. The minimum Gasteiger partial charge on any atom is -0.381 e. The first-order chi connectivity index (χ1) is 13.8. The maximum Gasteiger partial charge on any atom is 0.191 e. The van der Waals surface area contributed by atoms with Crippen LogP contribution in [0.2, 0.25) is 5.02 Å². The molecule has 0 amide bonds. The lowest BCUT2D eigenvalue weighted by molar-refractivity contribution is 0.0203. The number of pyridine rings is 1. The van der Waals surface area contributed by atoms with Gasteiger partial charge in [-0.15, -0.1) is 24.0 Å². The average Bonchev–Trinajstić information content (AvgIpc) is 3.19. The lowest BCUT2D eigenvalue weighted by atomic mass is 10.0. The molecular formula is C20H33ClIN5O2. The fourth-order valence-corrected chi connectivity index (χ4v) is 3.85. The van der Waals surface area contributed by atoms with Gasteiger partial charge in [-0.2, -0.15) is 0 Å². The van der Waals surface area contributed by atoms with Crippen molar-refractivity contribution in [3.05, 3.63) is 23.4 Å².